The van der Waals surface area contributed by atoms with E-state index in [0.29, 0.717) is 22.5 Å². The summed E-state index contributed by atoms with van der Waals surface area (Å²) in [6.07, 6.45) is 13.2. The quantitative estimate of drug-likeness (QED) is 0.0757. The molecule has 0 saturated carbocycles. The Morgan fingerprint density at radius 3 is 1.91 bits per heavy atom. The second kappa shape index (κ2) is 19.8. The lowest BCUT2D eigenvalue weighted by Gasteiger charge is -2.19. The summed E-state index contributed by atoms with van der Waals surface area (Å²) in [6, 6.07) is 40.4. The number of nitrogens with one attached hydrogen (secondary N) is 3. The highest BCUT2D eigenvalue weighted by molar-refractivity contribution is 7.89. The van der Waals surface area contributed by atoms with E-state index in [-0.39, 0.29) is 22.9 Å². The summed E-state index contributed by atoms with van der Waals surface area (Å²) in [6.45, 7) is 3.25. The van der Waals surface area contributed by atoms with Crippen LogP contribution in [0.1, 0.15) is 68.6 Å². The van der Waals surface area contributed by atoms with Crippen LogP contribution in [0.25, 0.3) is 61.3 Å². The van der Waals surface area contributed by atoms with Gasteiger partial charge in [0.05, 0.1) is 43.4 Å². The van der Waals surface area contributed by atoms with Gasteiger partial charge in [-0.3, -0.25) is 9.97 Å². The van der Waals surface area contributed by atoms with Crippen molar-refractivity contribution < 1.29 is 16.8 Å². The topological polar surface area (TPSA) is 156 Å². The Kier molecular flexibility index (Phi) is 13.4. The van der Waals surface area contributed by atoms with Gasteiger partial charge in [0.2, 0.25) is 20.0 Å². The van der Waals surface area contributed by atoms with Crippen LogP contribution in [-0.4, -0.2) is 43.3 Å². The molecule has 13 heteroatoms. The number of hydrogen-bond acceptors (Lipinski definition) is 9. The van der Waals surface area contributed by atoms with Gasteiger partial charge in [-0.15, -0.1) is 0 Å². The zero-order valence-electron chi connectivity index (χ0n) is 36.7. The highest BCUT2D eigenvalue weighted by atomic mass is 32.2. The number of nitrogens with zero attached hydrogens (tertiary/aromatic N) is 4. The van der Waals surface area contributed by atoms with Gasteiger partial charge in [0.15, 0.2) is 0 Å². The lowest BCUT2D eigenvalue weighted by Crippen LogP contribution is -2.23. The van der Waals surface area contributed by atoms with Crippen molar-refractivity contribution in [2.75, 3.05) is 11.9 Å². The van der Waals surface area contributed by atoms with Gasteiger partial charge in [0.1, 0.15) is 5.52 Å². The van der Waals surface area contributed by atoms with E-state index in [1.807, 2.05) is 103 Å². The van der Waals surface area contributed by atoms with Crippen molar-refractivity contribution in [1.29, 1.82) is 0 Å². The van der Waals surface area contributed by atoms with E-state index in [9.17, 15) is 16.8 Å². The number of aromatic nitrogens is 4. The van der Waals surface area contributed by atoms with E-state index in [4.69, 9.17) is 15.0 Å². The molecule has 3 N–H and O–H groups in total. The minimum absolute atomic E-state index is 0.0637. The smallest absolute Gasteiger partial charge is 0.240 e. The first kappa shape index (κ1) is 44.6. The van der Waals surface area contributed by atoms with Gasteiger partial charge in [0.25, 0.3) is 0 Å². The van der Waals surface area contributed by atoms with Gasteiger partial charge in [-0.05, 0) is 115 Å². The molecule has 0 atom stereocenters. The summed E-state index contributed by atoms with van der Waals surface area (Å²) < 4.78 is 60.2. The predicted octanol–water partition coefficient (Wildman–Crippen LogP) is 11.1. The van der Waals surface area contributed by atoms with E-state index in [2.05, 4.69) is 32.7 Å². The maximum Gasteiger partial charge on any atom is 0.240 e. The van der Waals surface area contributed by atoms with Crippen LogP contribution in [-0.2, 0) is 33.1 Å². The lowest BCUT2D eigenvalue weighted by atomic mass is 9.88. The van der Waals surface area contributed by atoms with E-state index in [1.165, 1.54) is 5.57 Å². The van der Waals surface area contributed by atoms with E-state index in [0.717, 1.165) is 107 Å². The second-order valence-electron chi connectivity index (χ2n) is 16.5. The van der Waals surface area contributed by atoms with Gasteiger partial charge in [-0.2, -0.15) is 0 Å². The molecule has 4 heterocycles. The van der Waals surface area contributed by atoms with Crippen molar-refractivity contribution in [2.24, 2.45) is 0 Å². The van der Waals surface area contributed by atoms with E-state index in [1.54, 1.807) is 42.6 Å². The number of benzene rings is 4. The number of anilines is 1. The molecule has 0 unspecified atom stereocenters. The molecule has 1 aliphatic carbocycles. The number of pyridine rings is 4. The third-order valence-corrected chi connectivity index (χ3v) is 14.7. The first-order valence-electron chi connectivity index (χ1n) is 22.5. The molecular formula is C53H51N7O4S2. The Morgan fingerprint density at radius 2 is 1.23 bits per heavy atom. The number of fused-ring (bicyclic) bond motifs is 2. The standard InChI is InChI=1S/C53H51N7O4S2/c1-2-3-10-29-54-50-28-30-55-48-26-24-46(59-52(48)50)41-20-12-23-44(32-41)66(63,64)58-35-38-16-11-19-40(31-38)45-36-56-49-27-25-47(60-53(49)51(45)39-17-8-5-9-18-39)42-21-13-22-43(33-42)65(61,62)57-34-37-14-6-4-7-15-37/h4,6-7,11-17,19-28,30-33,36,57-58H,2-3,5,8-10,18,29,34-35H2,1H3,(H,54,55). The van der Waals surface area contributed by atoms with Crippen LogP contribution in [0.2, 0.25) is 0 Å². The number of allylic oxidation sites excluding steroid dienone is 2. The van der Waals surface area contributed by atoms with Gasteiger partial charge in [-0.1, -0.05) is 98.6 Å². The second-order valence-corrected chi connectivity index (χ2v) is 20.1. The molecule has 0 fully saturated rings. The van der Waals surface area contributed by atoms with Crippen LogP contribution in [0, 0.1) is 0 Å². The maximum absolute atomic E-state index is 13.9. The average molecular weight is 914 g/mol. The fraction of sp³-hybridized carbons (Fsp3) is 0.208. The number of rotatable bonds is 17. The Hall–Kier alpha value is -6.64. The van der Waals surface area contributed by atoms with E-state index >= 15 is 0 Å². The SMILES string of the molecule is CCCCCNc1ccnc2ccc(-c3cccc(S(=O)(=O)NCc4cccc(-c5cnc6ccc(-c7cccc(S(=O)(=O)NCc8ccccc8)c7)nc6c5C5=CCCCC5)c4)c3)nc12. The predicted molar refractivity (Wildman–Crippen MR) is 264 cm³/mol. The number of unbranched alkanes of at least 4 members (excludes halogenated alkanes) is 2. The summed E-state index contributed by atoms with van der Waals surface area (Å²) in [4.78, 5) is 19.8. The minimum Gasteiger partial charge on any atom is -0.383 e. The molecule has 4 aromatic heterocycles. The maximum atomic E-state index is 13.9. The Labute approximate surface area is 386 Å². The molecule has 0 bridgehead atoms. The molecule has 0 amide bonds. The van der Waals surface area contributed by atoms with Crippen molar-refractivity contribution in [3.05, 3.63) is 169 Å². The van der Waals surface area contributed by atoms with Crippen LogP contribution in [0.3, 0.4) is 0 Å². The van der Waals surface area contributed by atoms with Crippen molar-refractivity contribution in [3.8, 4) is 33.6 Å². The molecule has 9 rings (SSSR count). The Bertz CT molecular complexity index is 3310. The largest absolute Gasteiger partial charge is 0.383 e. The van der Waals surface area contributed by atoms with Crippen molar-refractivity contribution in [2.45, 2.75) is 74.7 Å². The van der Waals surface area contributed by atoms with Crippen LogP contribution in [0.4, 0.5) is 5.69 Å². The molecule has 0 radical (unpaired) electrons. The number of hydrogen-bond donors (Lipinski definition) is 3. The fourth-order valence-electron chi connectivity index (χ4n) is 8.38. The summed E-state index contributed by atoms with van der Waals surface area (Å²) in [5, 5.41) is 3.50. The molecular weight excluding hydrogens is 863 g/mol. The molecule has 66 heavy (non-hydrogen) atoms. The van der Waals surface area contributed by atoms with Crippen LogP contribution < -0.4 is 14.8 Å². The van der Waals surface area contributed by atoms with Gasteiger partial charge in [0, 0.05) is 54.3 Å². The summed E-state index contributed by atoms with van der Waals surface area (Å²) in [7, 11) is -7.73. The zero-order chi connectivity index (χ0) is 45.5. The Morgan fingerprint density at radius 1 is 0.591 bits per heavy atom. The number of sulfonamides is 2. The highest BCUT2D eigenvalue weighted by Gasteiger charge is 2.21. The lowest BCUT2D eigenvalue weighted by molar-refractivity contribution is 0.579. The van der Waals surface area contributed by atoms with Crippen LogP contribution in [0.15, 0.2) is 162 Å². The molecule has 4 aromatic carbocycles. The molecule has 8 aromatic rings. The van der Waals surface area contributed by atoms with Crippen molar-refractivity contribution >= 4 is 53.4 Å². The summed E-state index contributed by atoms with van der Waals surface area (Å²) in [5.41, 5.74) is 12.0. The van der Waals surface area contributed by atoms with E-state index < -0.39 is 20.0 Å². The molecule has 334 valence electrons. The van der Waals surface area contributed by atoms with Crippen molar-refractivity contribution in [3.63, 3.8) is 0 Å². The first-order chi connectivity index (χ1) is 32.1. The van der Waals surface area contributed by atoms with Crippen LogP contribution in [0.5, 0.6) is 0 Å². The fourth-order valence-corrected chi connectivity index (χ4v) is 10.5. The normalized spacial score (nSPS) is 13.2. The Balaban J connectivity index is 0.980. The van der Waals surface area contributed by atoms with Crippen molar-refractivity contribution in [1.82, 2.24) is 29.4 Å². The van der Waals surface area contributed by atoms with Gasteiger partial charge >= 0.3 is 0 Å². The molecule has 1 aliphatic rings. The minimum atomic E-state index is -3.92. The zero-order valence-corrected chi connectivity index (χ0v) is 38.4. The average Bonchev–Trinajstić information content (AvgIpc) is 3.36. The summed E-state index contributed by atoms with van der Waals surface area (Å²) >= 11 is 0. The van der Waals surface area contributed by atoms with Crippen LogP contribution >= 0.6 is 0 Å². The third-order valence-electron chi connectivity index (χ3n) is 11.9. The van der Waals surface area contributed by atoms with Gasteiger partial charge < -0.3 is 5.32 Å². The monoisotopic (exact) mass is 913 g/mol. The molecule has 0 spiro atoms. The van der Waals surface area contributed by atoms with Gasteiger partial charge in [-0.25, -0.2) is 36.2 Å². The molecule has 0 saturated heterocycles. The first-order valence-corrected chi connectivity index (χ1v) is 25.4. The highest BCUT2D eigenvalue weighted by Crippen LogP contribution is 2.39. The molecule has 11 nitrogen and oxygen atoms in total. The third kappa shape index (κ3) is 10.1. The summed E-state index contributed by atoms with van der Waals surface area (Å²) in [5.74, 6) is 0. The molecule has 0 aliphatic heterocycles.